The van der Waals surface area contributed by atoms with Crippen LogP contribution in [-0.4, -0.2) is 21.9 Å². The van der Waals surface area contributed by atoms with Gasteiger partial charge in [-0.1, -0.05) is 29.4 Å². The SMILES string of the molecule is N[C@H](CO)c1nc(C2Cc3ccccc3C2)no1. The van der Waals surface area contributed by atoms with Crippen LogP contribution in [0.2, 0.25) is 0 Å². The summed E-state index contributed by atoms with van der Waals surface area (Å²) in [4.78, 5) is 4.28. The molecule has 2 aromatic rings. The van der Waals surface area contributed by atoms with Gasteiger partial charge in [-0.25, -0.2) is 0 Å². The van der Waals surface area contributed by atoms with Gasteiger partial charge in [-0.05, 0) is 24.0 Å². The lowest BCUT2D eigenvalue weighted by Crippen LogP contribution is -2.15. The minimum atomic E-state index is -0.588. The Balaban J connectivity index is 1.80. The summed E-state index contributed by atoms with van der Waals surface area (Å²) in [6.45, 7) is -0.188. The van der Waals surface area contributed by atoms with Crippen molar-refractivity contribution in [1.29, 1.82) is 0 Å². The van der Waals surface area contributed by atoms with E-state index in [0.717, 1.165) is 12.8 Å². The zero-order chi connectivity index (χ0) is 12.5. The van der Waals surface area contributed by atoms with E-state index in [4.69, 9.17) is 15.4 Å². The summed E-state index contributed by atoms with van der Waals surface area (Å²) in [5.74, 6) is 1.25. The van der Waals surface area contributed by atoms with Crippen LogP contribution in [-0.2, 0) is 12.8 Å². The molecule has 0 radical (unpaired) electrons. The van der Waals surface area contributed by atoms with Gasteiger partial charge in [0, 0.05) is 5.92 Å². The van der Waals surface area contributed by atoms with Crippen LogP contribution in [0, 0.1) is 0 Å². The van der Waals surface area contributed by atoms with Gasteiger partial charge in [-0.2, -0.15) is 4.98 Å². The fourth-order valence-corrected chi connectivity index (χ4v) is 2.38. The molecule has 5 nitrogen and oxygen atoms in total. The number of aliphatic hydroxyl groups excluding tert-OH is 1. The van der Waals surface area contributed by atoms with Gasteiger partial charge < -0.3 is 15.4 Å². The molecule has 5 heteroatoms. The van der Waals surface area contributed by atoms with Crippen molar-refractivity contribution in [2.45, 2.75) is 24.8 Å². The van der Waals surface area contributed by atoms with Crippen LogP contribution in [0.3, 0.4) is 0 Å². The first kappa shape index (κ1) is 11.4. The third-order valence-electron chi connectivity index (χ3n) is 3.39. The lowest BCUT2D eigenvalue weighted by atomic mass is 10.1. The number of aliphatic hydroxyl groups is 1. The lowest BCUT2D eigenvalue weighted by molar-refractivity contribution is 0.236. The standard InChI is InChI=1S/C13H15N3O2/c14-11(7-17)13-15-12(16-18-13)10-5-8-3-1-2-4-9(8)6-10/h1-4,10-11,17H,5-7,14H2/t11-/m1/s1. The second-order valence-corrected chi connectivity index (χ2v) is 4.65. The van der Waals surface area contributed by atoms with E-state index >= 15 is 0 Å². The van der Waals surface area contributed by atoms with Crippen LogP contribution >= 0.6 is 0 Å². The largest absolute Gasteiger partial charge is 0.394 e. The predicted molar refractivity (Wildman–Crippen MR) is 64.9 cm³/mol. The second kappa shape index (κ2) is 4.51. The Morgan fingerprint density at radius 1 is 1.33 bits per heavy atom. The van der Waals surface area contributed by atoms with Crippen molar-refractivity contribution in [3.8, 4) is 0 Å². The van der Waals surface area contributed by atoms with E-state index in [-0.39, 0.29) is 12.5 Å². The van der Waals surface area contributed by atoms with Gasteiger partial charge in [0.15, 0.2) is 5.82 Å². The number of hydrogen-bond acceptors (Lipinski definition) is 5. The van der Waals surface area contributed by atoms with E-state index in [1.54, 1.807) is 0 Å². The maximum Gasteiger partial charge on any atom is 0.245 e. The number of hydrogen-bond donors (Lipinski definition) is 2. The molecule has 1 aliphatic rings. The molecule has 0 spiro atoms. The van der Waals surface area contributed by atoms with Gasteiger partial charge in [0.25, 0.3) is 0 Å². The summed E-state index contributed by atoms with van der Waals surface area (Å²) in [6, 6.07) is 7.77. The van der Waals surface area contributed by atoms with E-state index in [2.05, 4.69) is 22.3 Å². The zero-order valence-corrected chi connectivity index (χ0v) is 9.91. The Morgan fingerprint density at radius 2 is 2.00 bits per heavy atom. The number of benzene rings is 1. The molecule has 3 N–H and O–H groups in total. The van der Waals surface area contributed by atoms with Crippen LogP contribution in [0.4, 0.5) is 0 Å². The highest BCUT2D eigenvalue weighted by atomic mass is 16.5. The van der Waals surface area contributed by atoms with Crippen LogP contribution in [0.15, 0.2) is 28.8 Å². The molecule has 1 aromatic heterocycles. The molecule has 1 atom stereocenters. The number of fused-ring (bicyclic) bond motifs is 1. The van der Waals surface area contributed by atoms with Gasteiger partial charge in [0.05, 0.1) is 6.61 Å². The Labute approximate surface area is 105 Å². The Morgan fingerprint density at radius 3 is 2.61 bits per heavy atom. The lowest BCUT2D eigenvalue weighted by Gasteiger charge is -2.01. The normalized spacial score (nSPS) is 16.8. The highest BCUT2D eigenvalue weighted by molar-refractivity contribution is 5.34. The van der Waals surface area contributed by atoms with Gasteiger partial charge in [0.1, 0.15) is 6.04 Å². The number of rotatable bonds is 3. The number of nitrogens with zero attached hydrogens (tertiary/aromatic N) is 2. The molecule has 18 heavy (non-hydrogen) atoms. The van der Waals surface area contributed by atoms with E-state index in [1.807, 2.05) is 12.1 Å². The van der Waals surface area contributed by atoms with Crippen LogP contribution in [0.25, 0.3) is 0 Å². The summed E-state index contributed by atoms with van der Waals surface area (Å²) >= 11 is 0. The molecule has 3 rings (SSSR count). The summed E-state index contributed by atoms with van der Waals surface area (Å²) in [5, 5.41) is 12.9. The van der Waals surface area contributed by atoms with Crippen LogP contribution < -0.4 is 5.73 Å². The van der Waals surface area contributed by atoms with Crippen molar-refractivity contribution in [3.63, 3.8) is 0 Å². The fraction of sp³-hybridized carbons (Fsp3) is 0.385. The summed E-state index contributed by atoms with van der Waals surface area (Å²) in [7, 11) is 0. The van der Waals surface area contributed by atoms with Crippen LogP contribution in [0.1, 0.15) is 34.8 Å². The average molecular weight is 245 g/mol. The first-order chi connectivity index (χ1) is 8.78. The Hall–Kier alpha value is -1.72. The molecule has 94 valence electrons. The fourth-order valence-electron chi connectivity index (χ4n) is 2.38. The molecule has 0 aliphatic heterocycles. The number of nitrogens with two attached hydrogens (primary N) is 1. The average Bonchev–Trinajstić information content (AvgIpc) is 3.03. The molecule has 1 aliphatic carbocycles. The van der Waals surface area contributed by atoms with Gasteiger partial charge >= 0.3 is 0 Å². The Kier molecular flexibility index (Phi) is 2.85. The molecule has 0 bridgehead atoms. The third kappa shape index (κ3) is 1.91. The molecular weight excluding hydrogens is 230 g/mol. The molecule has 0 fully saturated rings. The van der Waals surface area contributed by atoms with Gasteiger partial charge in [-0.15, -0.1) is 0 Å². The number of aromatic nitrogens is 2. The molecule has 1 heterocycles. The summed E-state index contributed by atoms with van der Waals surface area (Å²) < 4.78 is 5.08. The molecule has 0 saturated carbocycles. The van der Waals surface area contributed by atoms with Crippen molar-refractivity contribution in [1.82, 2.24) is 10.1 Å². The van der Waals surface area contributed by atoms with E-state index < -0.39 is 6.04 Å². The smallest absolute Gasteiger partial charge is 0.245 e. The third-order valence-corrected chi connectivity index (χ3v) is 3.39. The maximum atomic E-state index is 8.95. The van der Waals surface area contributed by atoms with Crippen molar-refractivity contribution < 1.29 is 9.63 Å². The quantitative estimate of drug-likeness (QED) is 0.840. The first-order valence-corrected chi connectivity index (χ1v) is 6.04. The highest BCUT2D eigenvalue weighted by Gasteiger charge is 2.27. The van der Waals surface area contributed by atoms with Gasteiger partial charge in [0.2, 0.25) is 5.89 Å². The van der Waals surface area contributed by atoms with Crippen molar-refractivity contribution in [2.75, 3.05) is 6.61 Å². The molecule has 0 saturated heterocycles. The topological polar surface area (TPSA) is 85.2 Å². The molecule has 1 aromatic carbocycles. The summed E-state index contributed by atoms with van der Waals surface area (Å²) in [6.07, 6.45) is 1.87. The van der Waals surface area contributed by atoms with Crippen LogP contribution in [0.5, 0.6) is 0 Å². The molecule has 0 unspecified atom stereocenters. The van der Waals surface area contributed by atoms with E-state index in [9.17, 15) is 0 Å². The minimum Gasteiger partial charge on any atom is -0.394 e. The first-order valence-electron chi connectivity index (χ1n) is 6.04. The minimum absolute atomic E-state index is 0.188. The summed E-state index contributed by atoms with van der Waals surface area (Å²) in [5.41, 5.74) is 8.34. The van der Waals surface area contributed by atoms with Crippen molar-refractivity contribution in [3.05, 3.63) is 47.1 Å². The highest BCUT2D eigenvalue weighted by Crippen LogP contribution is 2.32. The van der Waals surface area contributed by atoms with Crippen molar-refractivity contribution in [2.24, 2.45) is 5.73 Å². The van der Waals surface area contributed by atoms with E-state index in [1.165, 1.54) is 11.1 Å². The van der Waals surface area contributed by atoms with Gasteiger partial charge in [-0.3, -0.25) is 0 Å². The zero-order valence-electron chi connectivity index (χ0n) is 9.91. The van der Waals surface area contributed by atoms with Crippen molar-refractivity contribution >= 4 is 0 Å². The molecule has 0 amide bonds. The van der Waals surface area contributed by atoms with E-state index in [0.29, 0.717) is 11.7 Å². The monoisotopic (exact) mass is 245 g/mol. The second-order valence-electron chi connectivity index (χ2n) is 4.65. The molecular formula is C13H15N3O2. The maximum absolute atomic E-state index is 8.95. The predicted octanol–water partition coefficient (Wildman–Crippen LogP) is 0.944. The Bertz CT molecular complexity index is 528.